The number of piperazine rings is 1. The molecule has 2 amide bonds. The lowest BCUT2D eigenvalue weighted by Crippen LogP contribution is -2.49. The summed E-state index contributed by atoms with van der Waals surface area (Å²) in [5, 5.41) is 2.89. The first-order valence-electron chi connectivity index (χ1n) is 8.88. The van der Waals surface area contributed by atoms with Gasteiger partial charge in [0.15, 0.2) is 0 Å². The number of nitrogens with zero attached hydrogens (tertiary/aromatic N) is 3. The number of fused-ring (bicyclic) bond motifs is 1. The number of carbonyl (C=O) groups excluding carboxylic acids is 2. The Labute approximate surface area is 152 Å². The number of pyridine rings is 1. The molecular formula is C20H22N4O2. The molecule has 0 unspecified atom stereocenters. The van der Waals surface area contributed by atoms with Crippen LogP contribution in [-0.4, -0.2) is 47.9 Å². The highest BCUT2D eigenvalue weighted by atomic mass is 16.2. The average Bonchev–Trinajstić information content (AvgIpc) is 2.90. The molecule has 0 saturated carbocycles. The molecule has 0 bridgehead atoms. The first kappa shape index (κ1) is 16.6. The lowest BCUT2D eigenvalue weighted by molar-refractivity contribution is -0.119. The molecule has 2 aromatic rings. The number of anilines is 2. The molecule has 3 heterocycles. The van der Waals surface area contributed by atoms with E-state index in [1.165, 1.54) is 0 Å². The molecule has 0 atom stereocenters. The van der Waals surface area contributed by atoms with Crippen LogP contribution in [0.1, 0.15) is 29.8 Å². The molecule has 6 heteroatoms. The van der Waals surface area contributed by atoms with Gasteiger partial charge in [0.2, 0.25) is 5.91 Å². The predicted molar refractivity (Wildman–Crippen MR) is 100 cm³/mol. The zero-order valence-electron chi connectivity index (χ0n) is 15.0. The predicted octanol–water partition coefficient (Wildman–Crippen LogP) is 2.27. The highest BCUT2D eigenvalue weighted by Crippen LogP contribution is 2.37. The number of benzene rings is 1. The van der Waals surface area contributed by atoms with Crippen molar-refractivity contribution in [1.29, 1.82) is 0 Å². The van der Waals surface area contributed by atoms with Crippen LogP contribution in [0, 0.1) is 0 Å². The summed E-state index contributed by atoms with van der Waals surface area (Å²) in [6, 6.07) is 11.4. The van der Waals surface area contributed by atoms with Crippen molar-refractivity contribution in [1.82, 2.24) is 9.88 Å². The summed E-state index contributed by atoms with van der Waals surface area (Å²) >= 11 is 0. The van der Waals surface area contributed by atoms with E-state index in [-0.39, 0.29) is 11.8 Å². The number of amides is 2. The number of hydrogen-bond acceptors (Lipinski definition) is 4. The van der Waals surface area contributed by atoms with E-state index in [0.717, 1.165) is 30.2 Å². The Morgan fingerprint density at radius 2 is 1.88 bits per heavy atom. The van der Waals surface area contributed by atoms with Crippen LogP contribution in [0.3, 0.4) is 0 Å². The maximum absolute atomic E-state index is 12.9. The van der Waals surface area contributed by atoms with Gasteiger partial charge in [-0.3, -0.25) is 9.59 Å². The van der Waals surface area contributed by atoms with Gasteiger partial charge in [0.1, 0.15) is 5.82 Å². The van der Waals surface area contributed by atoms with E-state index >= 15 is 0 Å². The molecule has 134 valence electrons. The van der Waals surface area contributed by atoms with Crippen molar-refractivity contribution in [3.8, 4) is 0 Å². The minimum atomic E-state index is -0.550. The van der Waals surface area contributed by atoms with Crippen LogP contribution < -0.4 is 10.2 Å². The molecule has 2 aliphatic rings. The van der Waals surface area contributed by atoms with Crippen molar-refractivity contribution in [3.63, 3.8) is 0 Å². The van der Waals surface area contributed by atoms with E-state index in [9.17, 15) is 9.59 Å². The van der Waals surface area contributed by atoms with Gasteiger partial charge in [0, 0.05) is 43.6 Å². The Hall–Kier alpha value is -2.89. The zero-order valence-corrected chi connectivity index (χ0v) is 15.0. The first-order chi connectivity index (χ1) is 12.5. The second-order valence-electron chi connectivity index (χ2n) is 7.31. The summed E-state index contributed by atoms with van der Waals surface area (Å²) in [6.07, 6.45) is 1.78. The van der Waals surface area contributed by atoms with Gasteiger partial charge in [0.25, 0.3) is 5.91 Å². The van der Waals surface area contributed by atoms with Gasteiger partial charge >= 0.3 is 0 Å². The van der Waals surface area contributed by atoms with Gasteiger partial charge in [-0.05, 0) is 43.7 Å². The second-order valence-corrected chi connectivity index (χ2v) is 7.31. The van der Waals surface area contributed by atoms with Crippen LogP contribution in [0.15, 0.2) is 42.6 Å². The lowest BCUT2D eigenvalue weighted by Gasteiger charge is -2.35. The van der Waals surface area contributed by atoms with Crippen molar-refractivity contribution >= 4 is 23.3 Å². The molecule has 1 aromatic heterocycles. The normalized spacial score (nSPS) is 18.5. The summed E-state index contributed by atoms with van der Waals surface area (Å²) in [4.78, 5) is 33.4. The van der Waals surface area contributed by atoms with Crippen LogP contribution in [-0.2, 0) is 10.2 Å². The number of hydrogen-bond donors (Lipinski definition) is 1. The lowest BCUT2D eigenvalue weighted by atomic mass is 9.86. The number of nitrogens with one attached hydrogen (secondary N) is 1. The van der Waals surface area contributed by atoms with Crippen LogP contribution >= 0.6 is 0 Å². The highest BCUT2D eigenvalue weighted by Gasteiger charge is 2.38. The van der Waals surface area contributed by atoms with Crippen molar-refractivity contribution in [2.24, 2.45) is 0 Å². The molecule has 0 radical (unpaired) electrons. The van der Waals surface area contributed by atoms with E-state index in [4.69, 9.17) is 0 Å². The summed E-state index contributed by atoms with van der Waals surface area (Å²) in [5.41, 5.74) is 1.76. The van der Waals surface area contributed by atoms with Crippen LogP contribution in [0.25, 0.3) is 0 Å². The molecule has 1 saturated heterocycles. The fourth-order valence-electron chi connectivity index (χ4n) is 3.59. The molecule has 0 spiro atoms. The molecule has 4 rings (SSSR count). The van der Waals surface area contributed by atoms with Gasteiger partial charge in [0.05, 0.1) is 5.41 Å². The molecule has 2 aliphatic heterocycles. The minimum absolute atomic E-state index is 0.00688. The van der Waals surface area contributed by atoms with Crippen LogP contribution in [0.5, 0.6) is 0 Å². The Bertz CT molecular complexity index is 855. The monoisotopic (exact) mass is 350 g/mol. The van der Waals surface area contributed by atoms with Crippen molar-refractivity contribution in [3.05, 3.63) is 53.7 Å². The molecule has 6 nitrogen and oxygen atoms in total. The quantitative estimate of drug-likeness (QED) is 0.902. The fourth-order valence-corrected chi connectivity index (χ4v) is 3.59. The molecule has 1 aromatic carbocycles. The molecule has 0 aliphatic carbocycles. The summed E-state index contributed by atoms with van der Waals surface area (Å²) < 4.78 is 0. The van der Waals surface area contributed by atoms with Crippen molar-refractivity contribution in [2.45, 2.75) is 19.3 Å². The highest BCUT2D eigenvalue weighted by molar-refractivity contribution is 6.07. The Morgan fingerprint density at radius 3 is 2.58 bits per heavy atom. The number of rotatable bonds is 2. The number of carbonyl (C=O) groups is 2. The molecular weight excluding hydrogens is 328 g/mol. The van der Waals surface area contributed by atoms with Gasteiger partial charge in [-0.2, -0.15) is 0 Å². The third kappa shape index (κ3) is 2.71. The van der Waals surface area contributed by atoms with Crippen molar-refractivity contribution in [2.75, 3.05) is 36.4 Å². The van der Waals surface area contributed by atoms with E-state index in [1.807, 2.05) is 49.1 Å². The van der Waals surface area contributed by atoms with Gasteiger partial charge in [-0.1, -0.05) is 12.1 Å². The van der Waals surface area contributed by atoms with Crippen LogP contribution in [0.4, 0.5) is 11.5 Å². The standard InChI is InChI=1S/C20H22N4O2/c1-20(2)15-7-6-14(13-16(15)22-19(20)26)18(25)24-11-9-23(10-12-24)17-5-3-4-8-21-17/h3-8,13H,9-12H2,1-2H3,(H,22,26). The third-order valence-corrected chi connectivity index (χ3v) is 5.30. The van der Waals surface area contributed by atoms with E-state index in [2.05, 4.69) is 15.2 Å². The van der Waals surface area contributed by atoms with Crippen LogP contribution in [0.2, 0.25) is 0 Å². The molecule has 26 heavy (non-hydrogen) atoms. The fraction of sp³-hybridized carbons (Fsp3) is 0.350. The Kier molecular flexibility index (Phi) is 3.90. The van der Waals surface area contributed by atoms with E-state index in [1.54, 1.807) is 12.3 Å². The number of aromatic nitrogens is 1. The van der Waals surface area contributed by atoms with E-state index < -0.39 is 5.41 Å². The van der Waals surface area contributed by atoms with Gasteiger partial charge < -0.3 is 15.1 Å². The zero-order chi connectivity index (χ0) is 18.3. The van der Waals surface area contributed by atoms with Gasteiger partial charge in [-0.25, -0.2) is 4.98 Å². The summed E-state index contributed by atoms with van der Waals surface area (Å²) in [7, 11) is 0. The SMILES string of the molecule is CC1(C)C(=O)Nc2cc(C(=O)N3CCN(c4ccccn4)CC3)ccc21. The Balaban J connectivity index is 1.47. The van der Waals surface area contributed by atoms with Gasteiger partial charge in [-0.15, -0.1) is 0 Å². The Morgan fingerprint density at radius 1 is 1.12 bits per heavy atom. The third-order valence-electron chi connectivity index (χ3n) is 5.30. The maximum atomic E-state index is 12.9. The van der Waals surface area contributed by atoms with Crippen molar-refractivity contribution < 1.29 is 9.59 Å². The molecule has 1 fully saturated rings. The van der Waals surface area contributed by atoms with E-state index in [0.29, 0.717) is 18.7 Å². The summed E-state index contributed by atoms with van der Waals surface area (Å²) in [5.74, 6) is 0.926. The molecule has 1 N–H and O–H groups in total. The maximum Gasteiger partial charge on any atom is 0.254 e. The largest absolute Gasteiger partial charge is 0.353 e. The topological polar surface area (TPSA) is 65.5 Å². The first-order valence-corrected chi connectivity index (χ1v) is 8.88. The average molecular weight is 350 g/mol. The summed E-state index contributed by atoms with van der Waals surface area (Å²) in [6.45, 7) is 6.63. The minimum Gasteiger partial charge on any atom is -0.353 e. The smallest absolute Gasteiger partial charge is 0.254 e. The second kappa shape index (κ2) is 6.12.